The number of guanidine groups is 4. The summed E-state index contributed by atoms with van der Waals surface area (Å²) in [5.74, 6) is 1.20. The minimum Gasteiger partial charge on any atom is -0.504 e. The van der Waals surface area contributed by atoms with Gasteiger partial charge in [0.1, 0.15) is 5.75 Å². The zero-order valence-electron chi connectivity index (χ0n) is 27.2. The first kappa shape index (κ1) is 40.8. The van der Waals surface area contributed by atoms with Crippen molar-refractivity contribution >= 4 is 93.2 Å². The van der Waals surface area contributed by atoms with Crippen LogP contribution in [0.4, 0.5) is 11.4 Å². The first-order chi connectivity index (χ1) is 24.4. The molecule has 0 radical (unpaired) electrons. The lowest BCUT2D eigenvalue weighted by atomic mass is 10.2. The number of nitrogens with two attached hydrogens (primary N) is 4. The minimum atomic E-state index is -0.0523. The van der Waals surface area contributed by atoms with E-state index in [9.17, 15) is 5.11 Å². The van der Waals surface area contributed by atoms with E-state index >= 15 is 0 Å². The van der Waals surface area contributed by atoms with Gasteiger partial charge >= 0.3 is 0 Å². The van der Waals surface area contributed by atoms with Crippen LogP contribution in [0.25, 0.3) is 0 Å². The van der Waals surface area contributed by atoms with Crippen molar-refractivity contribution in [2.24, 2.45) is 42.9 Å². The number of rotatable bonds is 11. The van der Waals surface area contributed by atoms with E-state index in [1.807, 2.05) is 0 Å². The van der Waals surface area contributed by atoms with Crippen LogP contribution >= 0.6 is 58.0 Å². The lowest BCUT2D eigenvalue weighted by molar-refractivity contribution is 0.411. The minimum absolute atomic E-state index is 0.0523. The summed E-state index contributed by atoms with van der Waals surface area (Å²) in [5, 5.41) is 18.0. The van der Waals surface area contributed by atoms with Crippen molar-refractivity contribution in [2.75, 3.05) is 23.7 Å². The van der Waals surface area contributed by atoms with E-state index in [0.717, 1.165) is 37.1 Å². The fourth-order valence-electron chi connectivity index (χ4n) is 3.95. The average molecular weight is 795 g/mol. The number of anilines is 2. The van der Waals surface area contributed by atoms with Crippen LogP contribution in [-0.4, -0.2) is 42.0 Å². The third-order valence-corrected chi connectivity index (χ3v) is 7.62. The molecule has 0 unspecified atom stereocenters. The van der Waals surface area contributed by atoms with E-state index < -0.39 is 0 Å². The Morgan fingerprint density at radius 1 is 0.549 bits per heavy atom. The van der Waals surface area contributed by atoms with E-state index in [1.165, 1.54) is 6.07 Å². The Morgan fingerprint density at radius 2 is 0.961 bits per heavy atom. The molecule has 11 N–H and O–H groups in total. The number of ether oxygens (including phenoxy) is 1. The van der Waals surface area contributed by atoms with Crippen LogP contribution in [0.5, 0.6) is 17.2 Å². The standard InChI is InChI=1S/C22H30Cl2N10.C12H7Cl3O2/c23-15-5-9-17(10-6-15)31-21(27)33-19(25)29-13-3-1-2-4-14-30-20(26)34-22(28)32-18-11-7-16(24)8-12-18;13-7-1-3-11(9(15)5-7)17-12-4-2-8(14)6-10(12)16/h5-12H,1-4,13-14H2,(H5,25,27,29,31,33)(H5,26,28,30,32,34);1-6,16H. The number of nitrogens with zero attached hydrogens (tertiary/aromatic N) is 4. The molecule has 0 bridgehead atoms. The van der Waals surface area contributed by atoms with Gasteiger partial charge in [-0.2, -0.15) is 9.98 Å². The second kappa shape index (κ2) is 21.6. The molecular weight excluding hydrogens is 758 g/mol. The molecule has 0 amide bonds. The maximum atomic E-state index is 9.62. The maximum Gasteiger partial charge on any atom is 0.218 e. The molecule has 0 aliphatic rings. The van der Waals surface area contributed by atoms with Gasteiger partial charge in [-0.1, -0.05) is 70.8 Å². The van der Waals surface area contributed by atoms with Gasteiger partial charge in [-0.25, -0.2) is 0 Å². The largest absolute Gasteiger partial charge is 0.504 e. The van der Waals surface area contributed by atoms with E-state index in [-0.39, 0.29) is 35.3 Å². The van der Waals surface area contributed by atoms with Crippen LogP contribution in [0, 0.1) is 0 Å². The van der Waals surface area contributed by atoms with Crippen molar-refractivity contribution in [1.82, 2.24) is 0 Å². The fraction of sp³-hybridized carbons (Fsp3) is 0.176. The highest BCUT2D eigenvalue weighted by atomic mass is 35.5. The summed E-state index contributed by atoms with van der Waals surface area (Å²) in [7, 11) is 0. The number of unbranched alkanes of at least 4 members (excludes halogenated alkanes) is 3. The maximum absolute atomic E-state index is 9.62. The number of hydrogen-bond acceptors (Lipinski definition) is 4. The van der Waals surface area contributed by atoms with Crippen molar-refractivity contribution in [1.29, 1.82) is 0 Å². The van der Waals surface area contributed by atoms with Crippen LogP contribution in [0.1, 0.15) is 25.7 Å². The van der Waals surface area contributed by atoms with Crippen LogP contribution < -0.4 is 38.3 Å². The van der Waals surface area contributed by atoms with E-state index in [0.29, 0.717) is 44.0 Å². The normalized spacial score (nSPS) is 12.2. The van der Waals surface area contributed by atoms with E-state index in [1.54, 1.807) is 78.9 Å². The number of phenols is 1. The molecule has 4 aromatic rings. The molecule has 0 aliphatic carbocycles. The quantitative estimate of drug-likeness (QED) is 0.0444. The molecular formula is C34H37Cl5N10O2. The van der Waals surface area contributed by atoms with Crippen LogP contribution in [0.2, 0.25) is 25.1 Å². The zero-order chi connectivity index (χ0) is 37.2. The Kier molecular flexibility index (Phi) is 17.3. The van der Waals surface area contributed by atoms with Crippen molar-refractivity contribution in [3.05, 3.63) is 110 Å². The summed E-state index contributed by atoms with van der Waals surface area (Å²) in [6, 6.07) is 23.5. The monoisotopic (exact) mass is 792 g/mol. The Bertz CT molecular complexity index is 1700. The third-order valence-electron chi connectivity index (χ3n) is 6.35. The van der Waals surface area contributed by atoms with Gasteiger partial charge in [-0.3, -0.25) is 9.98 Å². The second-order valence-electron chi connectivity index (χ2n) is 10.4. The zero-order valence-corrected chi connectivity index (χ0v) is 30.9. The van der Waals surface area contributed by atoms with Crippen molar-refractivity contribution in [3.8, 4) is 17.2 Å². The molecule has 0 atom stereocenters. The molecule has 270 valence electrons. The average Bonchev–Trinajstić information content (AvgIpc) is 3.07. The van der Waals surface area contributed by atoms with Gasteiger partial charge < -0.3 is 43.4 Å². The smallest absolute Gasteiger partial charge is 0.218 e. The number of aromatic hydroxyl groups is 1. The molecule has 4 aromatic carbocycles. The van der Waals surface area contributed by atoms with Gasteiger partial charge in [-0.15, -0.1) is 0 Å². The molecule has 51 heavy (non-hydrogen) atoms. The summed E-state index contributed by atoms with van der Waals surface area (Å²) in [6.45, 7) is 1.12. The third kappa shape index (κ3) is 16.3. The van der Waals surface area contributed by atoms with E-state index in [2.05, 4.69) is 30.6 Å². The highest BCUT2D eigenvalue weighted by molar-refractivity contribution is 6.35. The van der Waals surface area contributed by atoms with Crippen molar-refractivity contribution < 1.29 is 9.84 Å². The van der Waals surface area contributed by atoms with Gasteiger partial charge in [0.15, 0.2) is 11.5 Å². The Morgan fingerprint density at radius 3 is 1.39 bits per heavy atom. The van der Waals surface area contributed by atoms with E-state index in [4.69, 9.17) is 85.7 Å². The number of nitrogens with one attached hydrogen (secondary N) is 2. The topological polar surface area (TPSA) is 207 Å². The lowest BCUT2D eigenvalue weighted by Crippen LogP contribution is -2.26. The van der Waals surface area contributed by atoms with Crippen LogP contribution in [-0.2, 0) is 0 Å². The first-order valence-corrected chi connectivity index (χ1v) is 17.2. The van der Waals surface area contributed by atoms with Crippen molar-refractivity contribution in [2.45, 2.75) is 25.7 Å². The number of hydrogen-bond donors (Lipinski definition) is 7. The van der Waals surface area contributed by atoms with Gasteiger partial charge in [0, 0.05) is 50.6 Å². The Labute approximate surface area is 321 Å². The molecule has 0 spiro atoms. The van der Waals surface area contributed by atoms with Gasteiger partial charge in [0.05, 0.1) is 5.02 Å². The summed E-state index contributed by atoms with van der Waals surface area (Å²) in [5.41, 5.74) is 24.8. The highest BCUT2D eigenvalue weighted by Gasteiger charge is 2.08. The number of halogens is 5. The molecule has 17 heteroatoms. The number of benzene rings is 4. The van der Waals surface area contributed by atoms with Gasteiger partial charge in [-0.05, 0) is 91.7 Å². The number of aliphatic imine (C=N–C) groups is 4. The first-order valence-electron chi connectivity index (χ1n) is 15.3. The predicted molar refractivity (Wildman–Crippen MR) is 214 cm³/mol. The second-order valence-corrected chi connectivity index (χ2v) is 12.6. The predicted octanol–water partition coefficient (Wildman–Crippen LogP) is 8.48. The molecule has 0 heterocycles. The summed E-state index contributed by atoms with van der Waals surface area (Å²) < 4.78 is 5.45. The Hall–Kier alpha value is -4.59. The number of phenolic OH excluding ortho intramolecular Hbond substituents is 1. The summed E-state index contributed by atoms with van der Waals surface area (Å²) >= 11 is 29.1. The highest BCUT2D eigenvalue weighted by Crippen LogP contribution is 2.36. The molecule has 0 fully saturated rings. The summed E-state index contributed by atoms with van der Waals surface area (Å²) in [4.78, 5) is 16.5. The SMILES string of the molecule is NC(=NCCCCCCN=C(N)N=C(N)Nc1ccc(Cl)cc1)N=C(N)Nc1ccc(Cl)cc1.Oc1cc(Cl)ccc1Oc1ccc(Cl)cc1Cl. The van der Waals surface area contributed by atoms with Crippen LogP contribution in [0.3, 0.4) is 0 Å². The summed E-state index contributed by atoms with van der Waals surface area (Å²) in [6.07, 6.45) is 3.68. The van der Waals surface area contributed by atoms with Gasteiger partial charge in [0.2, 0.25) is 23.8 Å². The molecule has 0 aliphatic heterocycles. The van der Waals surface area contributed by atoms with Crippen LogP contribution in [0.15, 0.2) is 105 Å². The van der Waals surface area contributed by atoms with Crippen molar-refractivity contribution in [3.63, 3.8) is 0 Å². The van der Waals surface area contributed by atoms with Gasteiger partial charge in [0.25, 0.3) is 0 Å². The molecule has 0 aromatic heterocycles. The Balaban J connectivity index is 0.000000343. The molecule has 4 rings (SSSR count). The molecule has 0 saturated carbocycles. The molecule has 12 nitrogen and oxygen atoms in total. The molecule has 0 saturated heterocycles. The lowest BCUT2D eigenvalue weighted by Gasteiger charge is -2.09. The fourth-order valence-corrected chi connectivity index (χ4v) is 4.82.